The zero-order valence-corrected chi connectivity index (χ0v) is 15.2. The third kappa shape index (κ3) is 5.51. The summed E-state index contributed by atoms with van der Waals surface area (Å²) >= 11 is 0. The van der Waals surface area contributed by atoms with Crippen LogP contribution >= 0.6 is 0 Å². The van der Waals surface area contributed by atoms with Crippen molar-refractivity contribution in [3.8, 4) is 0 Å². The third-order valence-electron chi connectivity index (χ3n) is 2.65. The van der Waals surface area contributed by atoms with E-state index < -0.39 is 10.1 Å². The number of nitrogens with zero attached hydrogens (tertiary/aromatic N) is 2. The number of hydrogen-bond acceptors (Lipinski definition) is 6. The molecule has 2 rings (SSSR count). The fourth-order valence-electron chi connectivity index (χ4n) is 1.65. The molecule has 0 aliphatic heterocycles. The quantitative estimate of drug-likeness (QED) is 0.490. The van der Waals surface area contributed by atoms with Gasteiger partial charge in [-0.1, -0.05) is 0 Å². The van der Waals surface area contributed by atoms with E-state index in [1.807, 2.05) is 31.2 Å². The zero-order chi connectivity index (χ0) is 15.3. The largest absolute Gasteiger partial charge is 1.00 e. The molecule has 0 saturated heterocycles. The molecule has 2 aromatic carbocycles. The van der Waals surface area contributed by atoms with E-state index in [4.69, 9.17) is 0 Å². The van der Waals surface area contributed by atoms with Crippen molar-refractivity contribution in [2.24, 2.45) is 10.2 Å². The van der Waals surface area contributed by atoms with E-state index >= 15 is 0 Å². The van der Waals surface area contributed by atoms with E-state index in [-0.39, 0.29) is 34.5 Å². The predicted molar refractivity (Wildman–Crippen MR) is 79.2 cm³/mol. The van der Waals surface area contributed by atoms with Gasteiger partial charge in [0.05, 0.1) is 16.3 Å². The average molecular weight is 327 g/mol. The van der Waals surface area contributed by atoms with Gasteiger partial charge in [0.25, 0.3) is 0 Å². The van der Waals surface area contributed by atoms with Crippen molar-refractivity contribution in [2.75, 3.05) is 11.9 Å². The molecule has 0 amide bonds. The summed E-state index contributed by atoms with van der Waals surface area (Å²) in [6, 6.07) is 12.7. The van der Waals surface area contributed by atoms with Crippen molar-refractivity contribution >= 4 is 27.2 Å². The second-order valence-electron chi connectivity index (χ2n) is 4.23. The van der Waals surface area contributed by atoms with Gasteiger partial charge in [-0.15, -0.1) is 0 Å². The van der Waals surface area contributed by atoms with E-state index in [0.29, 0.717) is 11.4 Å². The second-order valence-corrected chi connectivity index (χ2v) is 5.60. The molecule has 1 N–H and O–H groups in total. The number of azo groups is 1. The Labute approximate surface area is 151 Å². The van der Waals surface area contributed by atoms with E-state index in [2.05, 4.69) is 15.5 Å². The summed E-state index contributed by atoms with van der Waals surface area (Å²) in [4.78, 5) is -0.281. The van der Waals surface area contributed by atoms with E-state index in [1.165, 1.54) is 24.3 Å². The molecule has 0 aromatic heterocycles. The molecule has 0 aliphatic rings. The van der Waals surface area contributed by atoms with E-state index in [9.17, 15) is 13.0 Å². The Balaban J connectivity index is 0.00000242. The van der Waals surface area contributed by atoms with Crippen molar-refractivity contribution in [3.05, 3.63) is 48.5 Å². The summed E-state index contributed by atoms with van der Waals surface area (Å²) in [6.07, 6.45) is 0. The Morgan fingerprint density at radius 1 is 0.955 bits per heavy atom. The smallest absolute Gasteiger partial charge is 0.744 e. The predicted octanol–water partition coefficient (Wildman–Crippen LogP) is 0.442. The number of rotatable bonds is 5. The van der Waals surface area contributed by atoms with Gasteiger partial charge in [0.15, 0.2) is 0 Å². The first-order valence-corrected chi connectivity index (χ1v) is 7.71. The molecule has 8 heteroatoms. The first-order chi connectivity index (χ1) is 9.99. The first-order valence-electron chi connectivity index (χ1n) is 6.30. The van der Waals surface area contributed by atoms with Gasteiger partial charge in [-0.2, -0.15) is 10.2 Å². The molecule has 0 saturated carbocycles. The molecule has 0 bridgehead atoms. The summed E-state index contributed by atoms with van der Waals surface area (Å²) in [5.74, 6) is 0. The zero-order valence-electron chi connectivity index (χ0n) is 12.4. The molecule has 110 valence electrons. The first kappa shape index (κ1) is 18.8. The van der Waals surface area contributed by atoms with Gasteiger partial charge in [0.1, 0.15) is 10.1 Å². The third-order valence-corrected chi connectivity index (χ3v) is 3.50. The normalized spacial score (nSPS) is 11.2. The van der Waals surface area contributed by atoms with Crippen molar-refractivity contribution in [1.82, 2.24) is 0 Å². The van der Waals surface area contributed by atoms with Gasteiger partial charge in [-0.25, -0.2) is 8.42 Å². The maximum atomic E-state index is 10.8. The summed E-state index contributed by atoms with van der Waals surface area (Å²) in [5.41, 5.74) is 2.15. The van der Waals surface area contributed by atoms with Crippen LogP contribution in [0.2, 0.25) is 0 Å². The summed E-state index contributed by atoms with van der Waals surface area (Å²) < 4.78 is 32.4. The minimum absolute atomic E-state index is 0. The van der Waals surface area contributed by atoms with Crippen LogP contribution in [0.4, 0.5) is 17.1 Å². The van der Waals surface area contributed by atoms with E-state index in [1.54, 1.807) is 0 Å². The Kier molecular flexibility index (Phi) is 7.18. The van der Waals surface area contributed by atoms with Crippen molar-refractivity contribution in [2.45, 2.75) is 11.8 Å². The number of anilines is 1. The van der Waals surface area contributed by atoms with Gasteiger partial charge in [-0.05, 0) is 55.5 Å². The van der Waals surface area contributed by atoms with Crippen molar-refractivity contribution < 1.29 is 42.5 Å². The van der Waals surface area contributed by atoms with Crippen LogP contribution in [0.3, 0.4) is 0 Å². The Bertz CT molecular complexity index is 729. The second kappa shape index (κ2) is 8.40. The summed E-state index contributed by atoms with van der Waals surface area (Å²) in [6.45, 7) is 2.86. The van der Waals surface area contributed by atoms with Crippen LogP contribution < -0.4 is 34.9 Å². The number of benzene rings is 2. The molecule has 0 atom stereocenters. The Morgan fingerprint density at radius 2 is 1.41 bits per heavy atom. The number of nitrogens with one attached hydrogen (secondary N) is 1. The average Bonchev–Trinajstić information content (AvgIpc) is 2.46. The minimum atomic E-state index is -4.43. The molecule has 6 nitrogen and oxygen atoms in total. The van der Waals surface area contributed by atoms with Gasteiger partial charge < -0.3 is 9.87 Å². The Morgan fingerprint density at radius 3 is 1.82 bits per heavy atom. The van der Waals surface area contributed by atoms with Gasteiger partial charge >= 0.3 is 29.6 Å². The molecule has 2 aromatic rings. The van der Waals surface area contributed by atoms with E-state index in [0.717, 1.165) is 12.2 Å². The molecule has 0 spiro atoms. The molecular weight excluding hydrogens is 313 g/mol. The molecule has 0 heterocycles. The Hall–Kier alpha value is -1.25. The summed E-state index contributed by atoms with van der Waals surface area (Å²) in [5, 5.41) is 11.2. The maximum absolute atomic E-state index is 10.8. The minimum Gasteiger partial charge on any atom is -0.744 e. The topological polar surface area (TPSA) is 94.0 Å². The van der Waals surface area contributed by atoms with Crippen LogP contribution in [0.15, 0.2) is 63.7 Å². The monoisotopic (exact) mass is 327 g/mol. The molecular formula is C14H14N3NaO3S. The number of hydrogen-bond donors (Lipinski definition) is 1. The molecule has 0 fully saturated rings. The fourth-order valence-corrected chi connectivity index (χ4v) is 2.11. The van der Waals surface area contributed by atoms with Crippen LogP contribution in [-0.2, 0) is 10.1 Å². The van der Waals surface area contributed by atoms with Crippen molar-refractivity contribution in [1.29, 1.82) is 0 Å². The van der Waals surface area contributed by atoms with Crippen LogP contribution in [0, 0.1) is 0 Å². The van der Waals surface area contributed by atoms with Crippen LogP contribution in [0.5, 0.6) is 0 Å². The van der Waals surface area contributed by atoms with Gasteiger partial charge in [0.2, 0.25) is 0 Å². The van der Waals surface area contributed by atoms with Crippen LogP contribution in [0.1, 0.15) is 6.92 Å². The molecule has 0 aliphatic carbocycles. The van der Waals surface area contributed by atoms with Gasteiger partial charge in [0, 0.05) is 12.2 Å². The van der Waals surface area contributed by atoms with Crippen LogP contribution in [0.25, 0.3) is 0 Å². The molecule has 0 radical (unpaired) electrons. The van der Waals surface area contributed by atoms with Crippen molar-refractivity contribution in [3.63, 3.8) is 0 Å². The standard InChI is InChI=1S/C14H15N3O3S.Na/c1-2-15-11-3-5-12(6-4-11)16-17-13-7-9-14(10-8-13)21(18,19)20;/h3-10,15H,2H2,1H3,(H,18,19,20);/q;+1/p-1. The molecule has 0 unspecified atom stereocenters. The van der Waals surface area contributed by atoms with Crippen LogP contribution in [-0.4, -0.2) is 19.5 Å². The SMILES string of the molecule is CCNc1ccc(N=Nc2ccc(S(=O)(=O)[O-])cc2)cc1.[Na+]. The van der Waals surface area contributed by atoms with Gasteiger partial charge in [-0.3, -0.25) is 0 Å². The fraction of sp³-hybridized carbons (Fsp3) is 0.143. The molecule has 22 heavy (non-hydrogen) atoms. The maximum Gasteiger partial charge on any atom is 1.00 e. The summed E-state index contributed by atoms with van der Waals surface area (Å²) in [7, 11) is -4.43.